The maximum Gasteiger partial charge on any atom is 0.384 e. The maximum absolute atomic E-state index is 10.8. The third-order valence-corrected chi connectivity index (χ3v) is 4.38. The SMILES string of the molecule is COC(=O)C#CCC[C@@H](O)[C@@H](O)[C@@H](O)CCCCCCOCc1ccccc1. The molecule has 0 saturated heterocycles. The van der Waals surface area contributed by atoms with Gasteiger partial charge in [0.25, 0.3) is 0 Å². The van der Waals surface area contributed by atoms with Gasteiger partial charge in [0.2, 0.25) is 0 Å². The molecule has 0 radical (unpaired) electrons. The summed E-state index contributed by atoms with van der Waals surface area (Å²) in [5.41, 5.74) is 1.16. The molecule has 156 valence electrons. The van der Waals surface area contributed by atoms with E-state index >= 15 is 0 Å². The summed E-state index contributed by atoms with van der Waals surface area (Å²) >= 11 is 0. The van der Waals surface area contributed by atoms with E-state index < -0.39 is 24.3 Å². The number of hydrogen-bond donors (Lipinski definition) is 3. The summed E-state index contributed by atoms with van der Waals surface area (Å²) in [7, 11) is 1.24. The Morgan fingerprint density at radius 3 is 2.39 bits per heavy atom. The third-order valence-electron chi connectivity index (χ3n) is 4.38. The van der Waals surface area contributed by atoms with Crippen LogP contribution < -0.4 is 0 Å². The number of aliphatic hydroxyl groups is 3. The highest BCUT2D eigenvalue weighted by Crippen LogP contribution is 2.13. The predicted molar refractivity (Wildman–Crippen MR) is 106 cm³/mol. The number of unbranched alkanes of at least 4 members (excludes halogenated alkanes) is 3. The molecule has 0 heterocycles. The number of aliphatic hydroxyl groups excluding tert-OH is 3. The van der Waals surface area contributed by atoms with Crippen molar-refractivity contribution in [3.8, 4) is 11.8 Å². The highest BCUT2D eigenvalue weighted by atomic mass is 16.5. The lowest BCUT2D eigenvalue weighted by molar-refractivity contribution is -0.133. The highest BCUT2D eigenvalue weighted by molar-refractivity contribution is 5.88. The van der Waals surface area contributed by atoms with Crippen molar-refractivity contribution in [1.29, 1.82) is 0 Å². The van der Waals surface area contributed by atoms with Gasteiger partial charge in [-0.25, -0.2) is 4.79 Å². The molecule has 1 aromatic carbocycles. The van der Waals surface area contributed by atoms with E-state index in [1.54, 1.807) is 0 Å². The van der Waals surface area contributed by atoms with Crippen molar-refractivity contribution in [3.05, 3.63) is 35.9 Å². The number of methoxy groups -OCH3 is 1. The van der Waals surface area contributed by atoms with Crippen LogP contribution >= 0.6 is 0 Å². The van der Waals surface area contributed by atoms with Crippen molar-refractivity contribution in [2.24, 2.45) is 0 Å². The average Bonchev–Trinajstić information content (AvgIpc) is 2.72. The monoisotopic (exact) mass is 392 g/mol. The Hall–Kier alpha value is -1.91. The lowest BCUT2D eigenvalue weighted by Crippen LogP contribution is -2.37. The molecule has 1 aromatic rings. The second kappa shape index (κ2) is 15.1. The molecule has 0 unspecified atom stereocenters. The first kappa shape index (κ1) is 24.1. The fourth-order valence-corrected chi connectivity index (χ4v) is 2.68. The van der Waals surface area contributed by atoms with Gasteiger partial charge in [-0.1, -0.05) is 55.5 Å². The van der Waals surface area contributed by atoms with Crippen LogP contribution in [-0.4, -0.2) is 53.3 Å². The van der Waals surface area contributed by atoms with E-state index in [0.29, 0.717) is 19.6 Å². The van der Waals surface area contributed by atoms with E-state index in [4.69, 9.17) is 4.74 Å². The number of esters is 1. The minimum absolute atomic E-state index is 0.182. The van der Waals surface area contributed by atoms with E-state index in [-0.39, 0.29) is 12.8 Å². The van der Waals surface area contributed by atoms with Gasteiger partial charge >= 0.3 is 5.97 Å². The Balaban J connectivity index is 2.04. The summed E-state index contributed by atoms with van der Waals surface area (Å²) in [6.07, 6.45) is 1.22. The number of benzene rings is 1. The van der Waals surface area contributed by atoms with E-state index in [1.165, 1.54) is 7.11 Å². The van der Waals surface area contributed by atoms with Crippen molar-refractivity contribution < 1.29 is 29.6 Å². The van der Waals surface area contributed by atoms with E-state index in [9.17, 15) is 20.1 Å². The molecule has 3 atom stereocenters. The Bertz CT molecular complexity index is 592. The van der Waals surface area contributed by atoms with Crippen molar-refractivity contribution in [3.63, 3.8) is 0 Å². The zero-order valence-corrected chi connectivity index (χ0v) is 16.5. The highest BCUT2D eigenvalue weighted by Gasteiger charge is 2.23. The minimum Gasteiger partial charge on any atom is -0.459 e. The lowest BCUT2D eigenvalue weighted by atomic mass is 9.99. The fraction of sp³-hybridized carbons (Fsp3) is 0.591. The predicted octanol–water partition coefficient (Wildman–Crippen LogP) is 2.19. The van der Waals surface area contributed by atoms with Crippen LogP contribution in [0.5, 0.6) is 0 Å². The molecule has 6 heteroatoms. The van der Waals surface area contributed by atoms with E-state index in [1.807, 2.05) is 30.3 Å². The first-order chi connectivity index (χ1) is 13.5. The van der Waals surface area contributed by atoms with Gasteiger partial charge in [-0.3, -0.25) is 0 Å². The number of hydrogen-bond acceptors (Lipinski definition) is 6. The van der Waals surface area contributed by atoms with E-state index in [2.05, 4.69) is 16.6 Å². The Kier molecular flexibility index (Phi) is 13.0. The lowest BCUT2D eigenvalue weighted by Gasteiger charge is -2.22. The summed E-state index contributed by atoms with van der Waals surface area (Å²) in [5, 5.41) is 29.8. The molecule has 3 N–H and O–H groups in total. The first-order valence-corrected chi connectivity index (χ1v) is 9.77. The molecule has 0 aromatic heterocycles. The smallest absolute Gasteiger partial charge is 0.384 e. The van der Waals surface area contributed by atoms with Gasteiger partial charge in [0, 0.05) is 18.9 Å². The topological polar surface area (TPSA) is 96.2 Å². The van der Waals surface area contributed by atoms with Crippen LogP contribution in [0, 0.1) is 11.8 Å². The minimum atomic E-state index is -1.21. The number of carbonyl (C=O) groups excluding carboxylic acids is 1. The second-order valence-electron chi connectivity index (χ2n) is 6.70. The van der Waals surface area contributed by atoms with Crippen LogP contribution in [0.2, 0.25) is 0 Å². The van der Waals surface area contributed by atoms with Crippen molar-refractivity contribution in [2.45, 2.75) is 69.9 Å². The van der Waals surface area contributed by atoms with Crippen LogP contribution in [0.1, 0.15) is 50.5 Å². The van der Waals surface area contributed by atoms with Crippen LogP contribution in [0.15, 0.2) is 30.3 Å². The third kappa shape index (κ3) is 11.1. The first-order valence-electron chi connectivity index (χ1n) is 9.77. The molecule has 0 aliphatic carbocycles. The van der Waals surface area contributed by atoms with Crippen LogP contribution in [0.3, 0.4) is 0 Å². The Morgan fingerprint density at radius 1 is 1.00 bits per heavy atom. The fourth-order valence-electron chi connectivity index (χ4n) is 2.68. The maximum atomic E-state index is 10.8. The molecule has 6 nitrogen and oxygen atoms in total. The van der Waals surface area contributed by atoms with Gasteiger partial charge in [0.05, 0.1) is 25.9 Å². The summed E-state index contributed by atoms with van der Waals surface area (Å²) in [4.78, 5) is 10.8. The van der Waals surface area contributed by atoms with Crippen LogP contribution in [0.25, 0.3) is 0 Å². The summed E-state index contributed by atoms with van der Waals surface area (Å²) in [5.74, 6) is 4.17. The average molecular weight is 392 g/mol. The number of ether oxygens (including phenoxy) is 2. The van der Waals surface area contributed by atoms with Gasteiger partial charge in [0.1, 0.15) is 6.10 Å². The van der Waals surface area contributed by atoms with Crippen molar-refractivity contribution in [1.82, 2.24) is 0 Å². The standard InChI is InChI=1S/C22H32O6/c1-27-21(25)15-9-8-14-20(24)22(26)19(23)13-7-2-3-10-16-28-17-18-11-5-4-6-12-18/h4-6,11-12,19-20,22-24,26H,2-3,7-8,10,13-14,16-17H2,1H3/t19-,20+,22-/m0/s1. The van der Waals surface area contributed by atoms with Crippen molar-refractivity contribution in [2.75, 3.05) is 13.7 Å². The van der Waals surface area contributed by atoms with Crippen molar-refractivity contribution >= 4 is 5.97 Å². The van der Waals surface area contributed by atoms with Gasteiger partial charge < -0.3 is 24.8 Å². The molecule has 0 bridgehead atoms. The van der Waals surface area contributed by atoms with Gasteiger partial charge in [-0.2, -0.15) is 0 Å². The van der Waals surface area contributed by atoms with Gasteiger partial charge in [0.15, 0.2) is 0 Å². The summed E-state index contributed by atoms with van der Waals surface area (Å²) in [6.45, 7) is 1.32. The molecular weight excluding hydrogens is 360 g/mol. The number of carbonyl (C=O) groups is 1. The molecule has 0 amide bonds. The van der Waals surface area contributed by atoms with Gasteiger partial charge in [-0.15, -0.1) is 0 Å². The molecule has 0 spiro atoms. The zero-order chi connectivity index (χ0) is 20.6. The molecule has 0 saturated carbocycles. The van der Waals surface area contributed by atoms with Crippen LogP contribution in [0.4, 0.5) is 0 Å². The normalized spacial score (nSPS) is 13.9. The molecule has 0 fully saturated rings. The zero-order valence-electron chi connectivity index (χ0n) is 16.5. The summed E-state index contributed by atoms with van der Waals surface area (Å²) < 4.78 is 10.00. The molecule has 0 aliphatic rings. The largest absolute Gasteiger partial charge is 0.459 e. The Morgan fingerprint density at radius 2 is 1.68 bits per heavy atom. The molecule has 1 rings (SSSR count). The molecule has 28 heavy (non-hydrogen) atoms. The molecular formula is C22H32O6. The van der Waals surface area contributed by atoms with Crippen LogP contribution in [-0.2, 0) is 20.9 Å². The summed E-state index contributed by atoms with van der Waals surface area (Å²) in [6, 6.07) is 10.0. The Labute approximate surface area is 167 Å². The quantitative estimate of drug-likeness (QED) is 0.206. The molecule has 0 aliphatic heterocycles. The second-order valence-corrected chi connectivity index (χ2v) is 6.70. The number of rotatable bonds is 13. The van der Waals surface area contributed by atoms with E-state index in [0.717, 1.165) is 31.2 Å². The van der Waals surface area contributed by atoms with Gasteiger partial charge in [-0.05, 0) is 24.8 Å².